The van der Waals surface area contributed by atoms with E-state index in [-0.39, 0.29) is 16.7 Å². The van der Waals surface area contributed by atoms with Crippen LogP contribution < -0.4 is 15.5 Å². The first-order chi connectivity index (χ1) is 15.2. The molecule has 0 atom stereocenters. The topological polar surface area (TPSA) is 73.4 Å². The molecule has 9 heteroatoms. The molecule has 5 nitrogen and oxygen atoms in total. The van der Waals surface area contributed by atoms with Crippen LogP contribution in [0.1, 0.15) is 42.4 Å². The van der Waals surface area contributed by atoms with Crippen LogP contribution in [0.25, 0.3) is 0 Å². The number of rotatable bonds is 5. The number of thiocarbonyl (C=S) groups is 1. The Bertz CT molecular complexity index is 1100. The highest BCUT2D eigenvalue weighted by Crippen LogP contribution is 2.48. The molecule has 1 amide bonds. The third-order valence-corrected chi connectivity index (χ3v) is 6.51. The zero-order valence-corrected chi connectivity index (χ0v) is 18.0. The van der Waals surface area contributed by atoms with Crippen LogP contribution >= 0.6 is 12.2 Å². The van der Waals surface area contributed by atoms with Gasteiger partial charge in [-0.05, 0) is 86.8 Å². The number of hydrogen-bond acceptors (Lipinski definition) is 4. The molecule has 0 radical (unpaired) electrons. The van der Waals surface area contributed by atoms with Crippen molar-refractivity contribution in [1.82, 2.24) is 0 Å². The summed E-state index contributed by atoms with van der Waals surface area (Å²) < 4.78 is 40.5. The van der Waals surface area contributed by atoms with E-state index in [4.69, 9.17) is 23.2 Å². The molecule has 166 valence electrons. The van der Waals surface area contributed by atoms with Crippen LogP contribution in [0.2, 0.25) is 0 Å². The molecule has 2 aromatic carbocycles. The number of aryl methyl sites for hydroxylation is 1. The van der Waals surface area contributed by atoms with E-state index in [1.165, 1.54) is 11.0 Å². The van der Waals surface area contributed by atoms with Crippen LogP contribution in [0.5, 0.6) is 0 Å². The van der Waals surface area contributed by atoms with Crippen LogP contribution in [-0.2, 0) is 17.4 Å². The van der Waals surface area contributed by atoms with Gasteiger partial charge in [0.15, 0.2) is 5.11 Å². The van der Waals surface area contributed by atoms with Crippen molar-refractivity contribution in [1.29, 1.82) is 5.26 Å². The fourth-order valence-corrected chi connectivity index (χ4v) is 4.80. The van der Waals surface area contributed by atoms with Crippen LogP contribution in [-0.4, -0.2) is 23.1 Å². The van der Waals surface area contributed by atoms with E-state index in [9.17, 15) is 18.0 Å². The Balaban J connectivity index is 1.73. The first-order valence-electron chi connectivity index (χ1n) is 10.3. The zero-order chi connectivity index (χ0) is 23.1. The van der Waals surface area contributed by atoms with E-state index in [0.717, 1.165) is 42.6 Å². The molecule has 2 fully saturated rings. The third-order valence-electron chi connectivity index (χ3n) is 6.14. The van der Waals surface area contributed by atoms with Gasteiger partial charge >= 0.3 is 6.18 Å². The van der Waals surface area contributed by atoms with Crippen molar-refractivity contribution in [2.45, 2.75) is 43.8 Å². The second-order valence-corrected chi connectivity index (χ2v) is 8.41. The number of carbonyl (C=O) groups excluding carboxylic acids is 1. The van der Waals surface area contributed by atoms with Crippen LogP contribution in [0, 0.1) is 11.3 Å². The smallest absolute Gasteiger partial charge is 0.330 e. The number of hydrogen-bond donors (Lipinski definition) is 1. The van der Waals surface area contributed by atoms with E-state index < -0.39 is 22.8 Å². The minimum absolute atomic E-state index is 0.0136. The van der Waals surface area contributed by atoms with Gasteiger partial charge in [-0.3, -0.25) is 9.69 Å². The number of amides is 1. The molecular weight excluding hydrogens is 437 g/mol. The van der Waals surface area contributed by atoms with Crippen molar-refractivity contribution >= 4 is 34.6 Å². The molecule has 1 aliphatic carbocycles. The average molecular weight is 459 g/mol. The maximum Gasteiger partial charge on any atom is 0.417 e. The lowest BCUT2D eigenvalue weighted by molar-refractivity contribution is -0.137. The summed E-state index contributed by atoms with van der Waals surface area (Å²) in [4.78, 5) is 16.4. The molecule has 1 aliphatic heterocycles. The first-order valence-corrected chi connectivity index (χ1v) is 10.7. The normalized spacial score (nSPS) is 17.6. The Morgan fingerprint density at radius 1 is 1.12 bits per heavy atom. The van der Waals surface area contributed by atoms with Gasteiger partial charge in [0.05, 0.1) is 22.9 Å². The van der Waals surface area contributed by atoms with E-state index in [0.29, 0.717) is 19.4 Å². The third kappa shape index (κ3) is 3.53. The zero-order valence-electron chi connectivity index (χ0n) is 17.2. The summed E-state index contributed by atoms with van der Waals surface area (Å²) >= 11 is 5.62. The first kappa shape index (κ1) is 22.2. The average Bonchev–Trinajstić information content (AvgIpc) is 2.98. The highest BCUT2D eigenvalue weighted by Gasteiger charge is 2.59. The van der Waals surface area contributed by atoms with Gasteiger partial charge < -0.3 is 10.6 Å². The minimum atomic E-state index is -4.72. The van der Waals surface area contributed by atoms with Crippen molar-refractivity contribution in [3.8, 4) is 6.07 Å². The molecule has 2 aromatic rings. The summed E-state index contributed by atoms with van der Waals surface area (Å²) in [7, 11) is 0. The minimum Gasteiger partial charge on any atom is -0.330 e. The largest absolute Gasteiger partial charge is 0.417 e. The molecule has 0 unspecified atom stereocenters. The van der Waals surface area contributed by atoms with E-state index in [1.807, 2.05) is 24.3 Å². The van der Waals surface area contributed by atoms with E-state index in [1.54, 1.807) is 11.0 Å². The number of halogens is 3. The monoisotopic (exact) mass is 458 g/mol. The molecule has 1 heterocycles. The van der Waals surface area contributed by atoms with Crippen molar-refractivity contribution in [2.24, 2.45) is 5.73 Å². The second-order valence-electron chi connectivity index (χ2n) is 8.04. The summed E-state index contributed by atoms with van der Waals surface area (Å²) in [5, 5.41) is 9.21. The van der Waals surface area contributed by atoms with Crippen LogP contribution in [0.15, 0.2) is 42.5 Å². The number of anilines is 2. The van der Waals surface area contributed by atoms with Crippen molar-refractivity contribution in [3.05, 3.63) is 59.2 Å². The lowest BCUT2D eigenvalue weighted by atomic mass is 9.75. The van der Waals surface area contributed by atoms with Crippen molar-refractivity contribution in [2.75, 3.05) is 16.3 Å². The number of carbonyl (C=O) groups is 1. The lowest BCUT2D eigenvalue weighted by Crippen LogP contribution is -2.55. The molecule has 0 bridgehead atoms. The van der Waals surface area contributed by atoms with Crippen LogP contribution in [0.4, 0.5) is 24.5 Å². The van der Waals surface area contributed by atoms with Gasteiger partial charge in [0, 0.05) is 5.69 Å². The van der Waals surface area contributed by atoms with Gasteiger partial charge in [-0.1, -0.05) is 12.1 Å². The molecule has 1 saturated carbocycles. The number of nitriles is 1. The predicted molar refractivity (Wildman–Crippen MR) is 119 cm³/mol. The standard InChI is InChI=1S/C23H21F3N4OS/c24-23(25,26)19-13-18(9-6-16(19)14-28)29-20(31)22(10-2-11-22)30(21(29)32)17-7-4-15(5-8-17)3-1-12-27/h4-9,13H,1-3,10-12,27H2. The molecule has 32 heavy (non-hydrogen) atoms. The number of nitrogens with two attached hydrogens (primary N) is 1. The Labute approximate surface area is 189 Å². The molecular formula is C23H21F3N4OS. The molecule has 4 rings (SSSR count). The highest BCUT2D eigenvalue weighted by atomic mass is 32.1. The number of nitrogens with zero attached hydrogens (tertiary/aromatic N) is 3. The fourth-order valence-electron chi connectivity index (χ4n) is 4.33. The molecule has 1 spiro atoms. The maximum absolute atomic E-state index is 13.5. The summed E-state index contributed by atoms with van der Waals surface area (Å²) in [5.74, 6) is -0.334. The Morgan fingerprint density at radius 3 is 2.31 bits per heavy atom. The summed E-state index contributed by atoms with van der Waals surface area (Å²) in [5.41, 5.74) is 4.95. The molecule has 2 aliphatic rings. The summed E-state index contributed by atoms with van der Waals surface area (Å²) in [6, 6.07) is 12.5. The fraction of sp³-hybridized carbons (Fsp3) is 0.348. The van der Waals surface area contributed by atoms with Crippen molar-refractivity contribution in [3.63, 3.8) is 0 Å². The lowest BCUT2D eigenvalue weighted by Gasteiger charge is -2.43. The van der Waals surface area contributed by atoms with Gasteiger partial charge in [-0.15, -0.1) is 0 Å². The van der Waals surface area contributed by atoms with Gasteiger partial charge in [-0.25, -0.2) is 0 Å². The second kappa shape index (κ2) is 8.19. The van der Waals surface area contributed by atoms with Crippen LogP contribution in [0.3, 0.4) is 0 Å². The Kier molecular flexibility index (Phi) is 5.69. The SMILES string of the molecule is N#Cc1ccc(N2C(=O)C3(CCC3)N(c3ccc(CCCN)cc3)C2=S)cc1C(F)(F)F. The molecule has 2 N–H and O–H groups in total. The number of benzene rings is 2. The predicted octanol–water partition coefficient (Wildman–Crippen LogP) is 4.53. The molecule has 1 saturated heterocycles. The van der Waals surface area contributed by atoms with Crippen molar-refractivity contribution < 1.29 is 18.0 Å². The van der Waals surface area contributed by atoms with Gasteiger partial charge in [0.1, 0.15) is 5.54 Å². The maximum atomic E-state index is 13.5. The number of alkyl halides is 3. The Hall–Kier alpha value is -2.96. The molecule has 0 aromatic heterocycles. The van der Waals surface area contributed by atoms with E-state index in [2.05, 4.69) is 0 Å². The Morgan fingerprint density at radius 2 is 1.78 bits per heavy atom. The summed E-state index contributed by atoms with van der Waals surface area (Å²) in [6.45, 7) is 0.592. The highest BCUT2D eigenvalue weighted by molar-refractivity contribution is 7.81. The quantitative estimate of drug-likeness (QED) is 0.667. The van der Waals surface area contributed by atoms with Gasteiger partial charge in [0.25, 0.3) is 5.91 Å². The van der Waals surface area contributed by atoms with Gasteiger partial charge in [0.2, 0.25) is 0 Å². The van der Waals surface area contributed by atoms with E-state index >= 15 is 0 Å². The van der Waals surface area contributed by atoms with Gasteiger partial charge in [-0.2, -0.15) is 18.4 Å². The summed E-state index contributed by atoms with van der Waals surface area (Å²) in [6.07, 6.45) is -1.06.